The summed E-state index contributed by atoms with van der Waals surface area (Å²) in [6, 6.07) is 8.52. The minimum Gasteiger partial charge on any atom is -0.311 e. The first-order valence-electron chi connectivity index (χ1n) is 9.60. The van der Waals surface area contributed by atoms with Crippen molar-refractivity contribution in [1.29, 1.82) is 0 Å². The summed E-state index contributed by atoms with van der Waals surface area (Å²) in [7, 11) is 0. The standard InChI is InChI=1S/C21H25N5O/c1-4-15(5-2)26-21-19(13-23-26)18(12-20(27)24-21)17-8-7-16(11-14(17)3)25-10-6-9-22-25/h6-11,13,15,18H,4-5,12H2,1-3H3,(H,24,27). The molecule has 140 valence electrons. The number of rotatable bonds is 5. The molecule has 0 spiro atoms. The Kier molecular flexibility index (Phi) is 4.56. The molecule has 1 unspecified atom stereocenters. The lowest BCUT2D eigenvalue weighted by Crippen LogP contribution is -2.26. The van der Waals surface area contributed by atoms with Crippen LogP contribution in [0.2, 0.25) is 0 Å². The molecule has 27 heavy (non-hydrogen) atoms. The number of aromatic nitrogens is 4. The quantitative estimate of drug-likeness (QED) is 0.738. The fourth-order valence-electron chi connectivity index (χ4n) is 4.04. The molecule has 1 atom stereocenters. The molecule has 3 aromatic rings. The third-order valence-electron chi connectivity index (χ3n) is 5.53. The highest BCUT2D eigenvalue weighted by Crippen LogP contribution is 2.40. The largest absolute Gasteiger partial charge is 0.311 e. The Balaban J connectivity index is 1.75. The number of hydrogen-bond acceptors (Lipinski definition) is 3. The number of nitrogens with zero attached hydrogens (tertiary/aromatic N) is 4. The van der Waals surface area contributed by atoms with Crippen LogP contribution in [0.5, 0.6) is 0 Å². The zero-order chi connectivity index (χ0) is 19.0. The summed E-state index contributed by atoms with van der Waals surface area (Å²) < 4.78 is 3.84. The summed E-state index contributed by atoms with van der Waals surface area (Å²) in [4.78, 5) is 12.5. The van der Waals surface area contributed by atoms with Gasteiger partial charge in [0.05, 0.1) is 17.9 Å². The van der Waals surface area contributed by atoms with E-state index in [9.17, 15) is 4.79 Å². The van der Waals surface area contributed by atoms with Gasteiger partial charge in [0.15, 0.2) is 0 Å². The van der Waals surface area contributed by atoms with Crippen LogP contribution in [0, 0.1) is 6.92 Å². The van der Waals surface area contributed by atoms with Gasteiger partial charge < -0.3 is 5.32 Å². The number of carbonyl (C=O) groups excluding carboxylic acids is 1. The van der Waals surface area contributed by atoms with Crippen LogP contribution in [0.1, 0.15) is 61.8 Å². The highest BCUT2D eigenvalue weighted by atomic mass is 16.1. The van der Waals surface area contributed by atoms with Crippen LogP contribution in [0.4, 0.5) is 5.82 Å². The molecule has 0 radical (unpaired) electrons. The van der Waals surface area contributed by atoms with Crippen molar-refractivity contribution >= 4 is 11.7 Å². The maximum atomic E-state index is 12.5. The Morgan fingerprint density at radius 3 is 2.70 bits per heavy atom. The first-order valence-corrected chi connectivity index (χ1v) is 9.60. The number of carbonyl (C=O) groups is 1. The van der Waals surface area contributed by atoms with Crippen LogP contribution in [0.25, 0.3) is 5.69 Å². The zero-order valence-corrected chi connectivity index (χ0v) is 16.0. The van der Waals surface area contributed by atoms with Crippen LogP contribution >= 0.6 is 0 Å². The van der Waals surface area contributed by atoms with Crippen LogP contribution in [-0.4, -0.2) is 25.5 Å². The van der Waals surface area contributed by atoms with Gasteiger partial charge in [0.25, 0.3) is 0 Å². The van der Waals surface area contributed by atoms with Crippen LogP contribution < -0.4 is 5.32 Å². The van der Waals surface area contributed by atoms with E-state index in [1.54, 1.807) is 6.20 Å². The minimum atomic E-state index is 0.0310. The molecular formula is C21H25N5O. The lowest BCUT2D eigenvalue weighted by molar-refractivity contribution is -0.116. The summed E-state index contributed by atoms with van der Waals surface area (Å²) in [6.45, 7) is 6.41. The third kappa shape index (κ3) is 3.05. The van der Waals surface area contributed by atoms with Gasteiger partial charge in [-0.25, -0.2) is 9.36 Å². The molecule has 1 aliphatic rings. The van der Waals surface area contributed by atoms with E-state index in [1.165, 1.54) is 5.56 Å². The Hall–Kier alpha value is -2.89. The number of hydrogen-bond donors (Lipinski definition) is 1. The monoisotopic (exact) mass is 363 g/mol. The van der Waals surface area contributed by atoms with Gasteiger partial charge in [-0.2, -0.15) is 10.2 Å². The smallest absolute Gasteiger partial charge is 0.226 e. The van der Waals surface area contributed by atoms with Crippen molar-refractivity contribution < 1.29 is 4.79 Å². The second kappa shape index (κ2) is 7.02. The van der Waals surface area contributed by atoms with Gasteiger partial charge in [-0.1, -0.05) is 19.9 Å². The number of anilines is 1. The van der Waals surface area contributed by atoms with E-state index in [0.717, 1.165) is 35.5 Å². The molecule has 4 rings (SSSR count). The number of aryl methyl sites for hydroxylation is 1. The van der Waals surface area contributed by atoms with Crippen molar-refractivity contribution in [1.82, 2.24) is 19.6 Å². The first kappa shape index (κ1) is 17.5. The second-order valence-corrected chi connectivity index (χ2v) is 7.16. The van der Waals surface area contributed by atoms with Gasteiger partial charge in [-0.05, 0) is 49.1 Å². The lowest BCUT2D eigenvalue weighted by atomic mass is 9.85. The van der Waals surface area contributed by atoms with E-state index in [4.69, 9.17) is 0 Å². The Morgan fingerprint density at radius 2 is 2.04 bits per heavy atom. The summed E-state index contributed by atoms with van der Waals surface area (Å²) in [5.41, 5.74) is 4.46. The molecule has 3 heterocycles. The number of nitrogens with one attached hydrogen (secondary N) is 1. The molecule has 0 saturated carbocycles. The van der Waals surface area contributed by atoms with Gasteiger partial charge in [0.2, 0.25) is 5.91 Å². The van der Waals surface area contributed by atoms with E-state index >= 15 is 0 Å². The molecule has 0 saturated heterocycles. The van der Waals surface area contributed by atoms with Crippen molar-refractivity contribution in [3.05, 3.63) is 59.5 Å². The van der Waals surface area contributed by atoms with Gasteiger partial charge in [0, 0.05) is 30.3 Å². The normalized spacial score (nSPS) is 16.4. The molecule has 2 aromatic heterocycles. The van der Waals surface area contributed by atoms with E-state index < -0.39 is 0 Å². The van der Waals surface area contributed by atoms with Crippen molar-refractivity contribution in [2.24, 2.45) is 0 Å². The average molecular weight is 363 g/mol. The molecular weight excluding hydrogens is 338 g/mol. The summed E-state index contributed by atoms with van der Waals surface area (Å²) in [5, 5.41) is 12.0. The average Bonchev–Trinajstić information content (AvgIpc) is 3.33. The van der Waals surface area contributed by atoms with E-state index in [2.05, 4.69) is 54.5 Å². The molecule has 1 aromatic carbocycles. The second-order valence-electron chi connectivity index (χ2n) is 7.16. The summed E-state index contributed by atoms with van der Waals surface area (Å²) >= 11 is 0. The Bertz CT molecular complexity index is 953. The SMILES string of the molecule is CCC(CC)n1ncc2c1NC(=O)CC2c1ccc(-n2cccn2)cc1C. The van der Waals surface area contributed by atoms with Gasteiger partial charge in [-0.3, -0.25) is 4.79 Å². The molecule has 6 nitrogen and oxygen atoms in total. The lowest BCUT2D eigenvalue weighted by Gasteiger charge is -2.26. The van der Waals surface area contributed by atoms with E-state index in [-0.39, 0.29) is 11.8 Å². The van der Waals surface area contributed by atoms with Crippen LogP contribution in [-0.2, 0) is 4.79 Å². The van der Waals surface area contributed by atoms with Crippen molar-refractivity contribution in [2.45, 2.75) is 52.0 Å². The first-order chi connectivity index (χ1) is 13.1. The highest BCUT2D eigenvalue weighted by Gasteiger charge is 2.32. The molecule has 0 fully saturated rings. The van der Waals surface area contributed by atoms with Crippen LogP contribution in [0.3, 0.4) is 0 Å². The van der Waals surface area contributed by atoms with Crippen LogP contribution in [0.15, 0.2) is 42.9 Å². The highest BCUT2D eigenvalue weighted by molar-refractivity contribution is 5.94. The fraction of sp³-hybridized carbons (Fsp3) is 0.381. The molecule has 1 N–H and O–H groups in total. The number of amides is 1. The van der Waals surface area contributed by atoms with Crippen molar-refractivity contribution in [2.75, 3.05) is 5.32 Å². The van der Waals surface area contributed by atoms with Gasteiger partial charge in [0.1, 0.15) is 5.82 Å². The van der Waals surface area contributed by atoms with Gasteiger partial charge >= 0.3 is 0 Å². The third-order valence-corrected chi connectivity index (χ3v) is 5.53. The molecule has 1 aliphatic heterocycles. The maximum Gasteiger partial charge on any atom is 0.226 e. The van der Waals surface area contributed by atoms with Crippen molar-refractivity contribution in [3.63, 3.8) is 0 Å². The Morgan fingerprint density at radius 1 is 1.22 bits per heavy atom. The predicted octanol–water partition coefficient (Wildman–Crippen LogP) is 4.21. The molecule has 6 heteroatoms. The van der Waals surface area contributed by atoms with E-state index in [0.29, 0.717) is 12.5 Å². The number of fused-ring (bicyclic) bond motifs is 1. The molecule has 1 amide bonds. The minimum absolute atomic E-state index is 0.0310. The predicted molar refractivity (Wildman–Crippen MR) is 105 cm³/mol. The topological polar surface area (TPSA) is 64.7 Å². The maximum absolute atomic E-state index is 12.5. The fourth-order valence-corrected chi connectivity index (χ4v) is 4.04. The summed E-state index contributed by atoms with van der Waals surface area (Å²) in [5.74, 6) is 0.944. The molecule has 0 aliphatic carbocycles. The Labute approximate surface area is 159 Å². The summed E-state index contributed by atoms with van der Waals surface area (Å²) in [6.07, 6.45) is 8.06. The number of benzene rings is 1. The van der Waals surface area contributed by atoms with E-state index in [1.807, 2.05) is 27.8 Å². The zero-order valence-electron chi connectivity index (χ0n) is 16.0. The molecule has 0 bridgehead atoms. The van der Waals surface area contributed by atoms with Crippen molar-refractivity contribution in [3.8, 4) is 5.69 Å². The van der Waals surface area contributed by atoms with Gasteiger partial charge in [-0.15, -0.1) is 0 Å².